The molecule has 158 valence electrons. The van der Waals surface area contributed by atoms with Crippen molar-refractivity contribution < 1.29 is 14.7 Å². The molecule has 7 heteroatoms. The first-order valence-corrected chi connectivity index (χ1v) is 10.8. The number of piperazine rings is 1. The number of hydrogen-bond acceptors (Lipinski definition) is 4. The molecule has 0 saturated carbocycles. The van der Waals surface area contributed by atoms with Gasteiger partial charge in [-0.25, -0.2) is 0 Å². The maximum Gasteiger partial charge on any atom is 0.253 e. The molecule has 2 saturated heterocycles. The fourth-order valence-electron chi connectivity index (χ4n) is 4.27. The van der Waals surface area contributed by atoms with Crippen LogP contribution in [-0.2, 0) is 4.79 Å². The Kier molecular flexibility index (Phi) is 6.13. The van der Waals surface area contributed by atoms with Crippen LogP contribution in [0.1, 0.15) is 23.2 Å². The maximum absolute atomic E-state index is 13.1. The summed E-state index contributed by atoms with van der Waals surface area (Å²) in [5.74, 6) is 0.193. The van der Waals surface area contributed by atoms with E-state index < -0.39 is 0 Å². The molecule has 2 aromatic rings. The predicted octanol–water partition coefficient (Wildman–Crippen LogP) is 3.25. The monoisotopic (exact) mass is 427 g/mol. The number of likely N-dealkylation sites (tertiary alicyclic amines) is 1. The third kappa shape index (κ3) is 4.54. The van der Waals surface area contributed by atoms with Gasteiger partial charge in [0.15, 0.2) is 0 Å². The normalized spacial score (nSPS) is 19.6. The number of anilines is 1. The zero-order valence-corrected chi connectivity index (χ0v) is 17.6. The second-order valence-electron chi connectivity index (χ2n) is 7.93. The van der Waals surface area contributed by atoms with Gasteiger partial charge < -0.3 is 19.8 Å². The number of amides is 2. The fourth-order valence-corrected chi connectivity index (χ4v) is 4.40. The summed E-state index contributed by atoms with van der Waals surface area (Å²) in [6.45, 7) is 3.90. The molecule has 2 heterocycles. The fraction of sp³-hybridized carbons (Fsp3) is 0.391. The Labute approximate surface area is 181 Å². The summed E-state index contributed by atoms with van der Waals surface area (Å²) >= 11 is 5.92. The molecule has 1 N–H and O–H groups in total. The minimum atomic E-state index is -0.151. The molecule has 2 aliphatic heterocycles. The van der Waals surface area contributed by atoms with E-state index in [1.807, 2.05) is 17.0 Å². The van der Waals surface area contributed by atoms with Crippen molar-refractivity contribution in [3.05, 3.63) is 59.1 Å². The van der Waals surface area contributed by atoms with E-state index in [0.717, 1.165) is 31.6 Å². The minimum Gasteiger partial charge on any atom is -0.508 e. The number of benzene rings is 2. The highest BCUT2D eigenvalue weighted by Gasteiger charge is 2.33. The number of phenolic OH excluding ortho intramolecular Hbond substituents is 1. The van der Waals surface area contributed by atoms with E-state index in [-0.39, 0.29) is 23.5 Å². The molecular formula is C23H26ClN3O3. The van der Waals surface area contributed by atoms with Gasteiger partial charge in [-0.1, -0.05) is 17.7 Å². The number of piperidine rings is 1. The summed E-state index contributed by atoms with van der Waals surface area (Å²) < 4.78 is 0. The molecule has 30 heavy (non-hydrogen) atoms. The molecule has 2 fully saturated rings. The summed E-state index contributed by atoms with van der Waals surface area (Å²) in [5.41, 5.74) is 1.58. The number of halogens is 1. The topological polar surface area (TPSA) is 64.1 Å². The van der Waals surface area contributed by atoms with Gasteiger partial charge in [0.1, 0.15) is 5.75 Å². The molecular weight excluding hydrogens is 402 g/mol. The molecule has 2 aromatic carbocycles. The molecule has 4 rings (SSSR count). The van der Waals surface area contributed by atoms with E-state index in [1.165, 1.54) is 0 Å². The lowest BCUT2D eigenvalue weighted by atomic mass is 9.95. The Morgan fingerprint density at radius 3 is 2.37 bits per heavy atom. The second kappa shape index (κ2) is 8.96. The van der Waals surface area contributed by atoms with Crippen LogP contribution in [0.5, 0.6) is 5.75 Å². The van der Waals surface area contributed by atoms with Crippen LogP contribution in [0, 0.1) is 5.92 Å². The number of carbonyl (C=O) groups is 2. The molecule has 0 spiro atoms. The largest absolute Gasteiger partial charge is 0.508 e. The molecule has 2 amide bonds. The standard InChI is InChI=1S/C23H26ClN3O3/c24-19-8-6-17(7-9-19)22(29)27-10-2-3-18(16-27)23(30)26-13-11-25(12-14-26)20-4-1-5-21(28)15-20/h1,4-9,15,18,28H,2-3,10-14,16H2. The number of carbonyl (C=O) groups excluding carboxylic acids is 2. The highest BCUT2D eigenvalue weighted by atomic mass is 35.5. The highest BCUT2D eigenvalue weighted by molar-refractivity contribution is 6.30. The van der Waals surface area contributed by atoms with Crippen molar-refractivity contribution in [1.29, 1.82) is 0 Å². The van der Waals surface area contributed by atoms with E-state index in [4.69, 9.17) is 11.6 Å². The smallest absolute Gasteiger partial charge is 0.253 e. The summed E-state index contributed by atoms with van der Waals surface area (Å²) in [5, 5.41) is 10.3. The van der Waals surface area contributed by atoms with E-state index in [0.29, 0.717) is 36.8 Å². The van der Waals surface area contributed by atoms with Gasteiger partial charge in [0, 0.05) is 61.6 Å². The quantitative estimate of drug-likeness (QED) is 0.816. The number of aromatic hydroxyl groups is 1. The van der Waals surface area contributed by atoms with Gasteiger partial charge in [-0.05, 0) is 49.2 Å². The van der Waals surface area contributed by atoms with Crippen molar-refractivity contribution in [3.8, 4) is 5.75 Å². The lowest BCUT2D eigenvalue weighted by Gasteiger charge is -2.39. The van der Waals surface area contributed by atoms with Crippen molar-refractivity contribution in [2.45, 2.75) is 12.8 Å². The summed E-state index contributed by atoms with van der Waals surface area (Å²) in [4.78, 5) is 31.8. The highest BCUT2D eigenvalue weighted by Crippen LogP contribution is 2.24. The Hall–Kier alpha value is -2.73. The first-order chi connectivity index (χ1) is 14.5. The average molecular weight is 428 g/mol. The van der Waals surface area contributed by atoms with Gasteiger partial charge in [-0.3, -0.25) is 9.59 Å². The Balaban J connectivity index is 1.34. The number of hydrogen-bond donors (Lipinski definition) is 1. The van der Waals surface area contributed by atoms with Crippen molar-refractivity contribution in [2.75, 3.05) is 44.2 Å². The molecule has 6 nitrogen and oxygen atoms in total. The Bertz CT molecular complexity index is 910. The van der Waals surface area contributed by atoms with Gasteiger partial charge in [0.25, 0.3) is 5.91 Å². The first-order valence-electron chi connectivity index (χ1n) is 10.4. The lowest BCUT2D eigenvalue weighted by Crippen LogP contribution is -2.53. The summed E-state index contributed by atoms with van der Waals surface area (Å²) in [6, 6.07) is 14.1. The molecule has 2 aliphatic rings. The van der Waals surface area contributed by atoms with Crippen molar-refractivity contribution in [1.82, 2.24) is 9.80 Å². The van der Waals surface area contributed by atoms with Crippen molar-refractivity contribution in [2.24, 2.45) is 5.92 Å². The molecule has 0 aromatic heterocycles. The van der Waals surface area contributed by atoms with Crippen LogP contribution >= 0.6 is 11.6 Å². The minimum absolute atomic E-state index is 0.0436. The zero-order valence-electron chi connectivity index (χ0n) is 16.8. The lowest BCUT2D eigenvalue weighted by molar-refractivity contribution is -0.137. The summed E-state index contributed by atoms with van der Waals surface area (Å²) in [6.07, 6.45) is 1.65. The third-order valence-electron chi connectivity index (χ3n) is 5.94. The molecule has 1 atom stereocenters. The predicted molar refractivity (Wildman–Crippen MR) is 117 cm³/mol. The van der Waals surface area contributed by atoms with Crippen LogP contribution in [0.15, 0.2) is 48.5 Å². The number of rotatable bonds is 3. The Morgan fingerprint density at radius 1 is 0.933 bits per heavy atom. The van der Waals surface area contributed by atoms with Crippen LogP contribution < -0.4 is 4.90 Å². The van der Waals surface area contributed by atoms with Crippen LogP contribution in [0.2, 0.25) is 5.02 Å². The van der Waals surface area contributed by atoms with Crippen molar-refractivity contribution in [3.63, 3.8) is 0 Å². The second-order valence-corrected chi connectivity index (χ2v) is 8.37. The van der Waals surface area contributed by atoms with E-state index in [1.54, 1.807) is 41.3 Å². The molecule has 0 bridgehead atoms. The van der Waals surface area contributed by atoms with Crippen LogP contribution in [0.3, 0.4) is 0 Å². The van der Waals surface area contributed by atoms with Gasteiger partial charge in [-0.15, -0.1) is 0 Å². The number of nitrogens with zero attached hydrogens (tertiary/aromatic N) is 3. The van der Waals surface area contributed by atoms with Gasteiger partial charge in [-0.2, -0.15) is 0 Å². The first kappa shape index (κ1) is 20.5. The number of phenols is 1. The van der Waals surface area contributed by atoms with Crippen molar-refractivity contribution >= 4 is 29.1 Å². The third-order valence-corrected chi connectivity index (χ3v) is 6.19. The zero-order chi connectivity index (χ0) is 21.1. The van der Waals surface area contributed by atoms with Gasteiger partial charge in [0.2, 0.25) is 5.91 Å². The van der Waals surface area contributed by atoms with Crippen LogP contribution in [0.25, 0.3) is 0 Å². The molecule has 0 aliphatic carbocycles. The molecule has 1 unspecified atom stereocenters. The van der Waals surface area contributed by atoms with E-state index in [9.17, 15) is 14.7 Å². The summed E-state index contributed by atoms with van der Waals surface area (Å²) in [7, 11) is 0. The van der Waals surface area contributed by atoms with E-state index in [2.05, 4.69) is 4.90 Å². The van der Waals surface area contributed by atoms with Gasteiger partial charge >= 0.3 is 0 Å². The Morgan fingerprint density at radius 2 is 1.67 bits per heavy atom. The van der Waals surface area contributed by atoms with Crippen LogP contribution in [-0.4, -0.2) is 66.0 Å². The SMILES string of the molecule is O=C(c1ccc(Cl)cc1)N1CCCC(C(=O)N2CCN(c3cccc(O)c3)CC2)C1. The molecule has 0 radical (unpaired) electrons. The van der Waals surface area contributed by atoms with E-state index >= 15 is 0 Å². The average Bonchev–Trinajstić information content (AvgIpc) is 2.79. The maximum atomic E-state index is 13.1. The van der Waals surface area contributed by atoms with Gasteiger partial charge in [0.05, 0.1) is 5.92 Å². The van der Waals surface area contributed by atoms with Crippen LogP contribution in [0.4, 0.5) is 5.69 Å².